The maximum atomic E-state index is 13.6. The number of amides is 1. The standard InChI is InChI=1S/C28H25BrN6O/c29-24-17-32-35-26(31-16-19-6-4-12-30-15-19)14-25(33-27(24)35)21-9-5-13-34(18-21)28(36)23-11-3-8-20-7-1-2-10-22(20)23/h1-4,6-8,10-12,14-15,17,21,31H,5,9,13,16,18H2. The number of fused-ring (bicyclic) bond motifs is 2. The second kappa shape index (κ2) is 9.70. The van der Waals surface area contributed by atoms with Crippen LogP contribution in [-0.2, 0) is 6.54 Å². The van der Waals surface area contributed by atoms with E-state index in [1.54, 1.807) is 12.4 Å². The Bertz CT molecular complexity index is 1550. The molecule has 0 radical (unpaired) electrons. The number of halogens is 1. The highest BCUT2D eigenvalue weighted by Crippen LogP contribution is 2.31. The molecule has 0 bridgehead atoms. The van der Waals surface area contributed by atoms with Crippen LogP contribution in [0.2, 0.25) is 0 Å². The van der Waals surface area contributed by atoms with Gasteiger partial charge in [0, 0.05) is 49.6 Å². The topological polar surface area (TPSA) is 75.4 Å². The number of aromatic nitrogens is 4. The zero-order chi connectivity index (χ0) is 24.5. The molecule has 36 heavy (non-hydrogen) atoms. The third-order valence-corrected chi connectivity index (χ3v) is 7.35. The number of pyridine rings is 1. The minimum absolute atomic E-state index is 0.0815. The summed E-state index contributed by atoms with van der Waals surface area (Å²) in [7, 11) is 0. The Hall–Kier alpha value is -3.78. The summed E-state index contributed by atoms with van der Waals surface area (Å²) in [5, 5.41) is 10.1. The van der Waals surface area contributed by atoms with Gasteiger partial charge < -0.3 is 10.2 Å². The van der Waals surface area contributed by atoms with Crippen molar-refractivity contribution in [3.05, 3.63) is 101 Å². The number of nitrogens with zero attached hydrogens (tertiary/aromatic N) is 5. The van der Waals surface area contributed by atoms with E-state index in [1.165, 1.54) is 0 Å². The summed E-state index contributed by atoms with van der Waals surface area (Å²) in [6, 6.07) is 20.0. The van der Waals surface area contributed by atoms with E-state index in [2.05, 4.69) is 37.4 Å². The Morgan fingerprint density at radius 2 is 1.97 bits per heavy atom. The van der Waals surface area contributed by atoms with Crippen molar-refractivity contribution >= 4 is 44.1 Å². The van der Waals surface area contributed by atoms with Gasteiger partial charge in [-0.3, -0.25) is 9.78 Å². The molecule has 1 unspecified atom stereocenters. The summed E-state index contributed by atoms with van der Waals surface area (Å²) in [5.41, 5.74) is 3.57. The van der Waals surface area contributed by atoms with Crippen LogP contribution < -0.4 is 5.32 Å². The lowest BCUT2D eigenvalue weighted by atomic mass is 9.93. The number of piperidine rings is 1. The molecule has 0 spiro atoms. The van der Waals surface area contributed by atoms with Crippen molar-refractivity contribution in [2.75, 3.05) is 18.4 Å². The molecule has 3 aromatic heterocycles. The fourth-order valence-corrected chi connectivity index (χ4v) is 5.32. The number of rotatable bonds is 5. The molecule has 1 aliphatic rings. The van der Waals surface area contributed by atoms with E-state index in [9.17, 15) is 4.79 Å². The van der Waals surface area contributed by atoms with E-state index in [1.807, 2.05) is 70.2 Å². The molecule has 7 nitrogen and oxygen atoms in total. The van der Waals surface area contributed by atoms with Gasteiger partial charge in [0.15, 0.2) is 5.65 Å². The third kappa shape index (κ3) is 4.33. The van der Waals surface area contributed by atoms with E-state index >= 15 is 0 Å². The van der Waals surface area contributed by atoms with E-state index in [0.29, 0.717) is 13.1 Å². The summed E-state index contributed by atoms with van der Waals surface area (Å²) in [6.07, 6.45) is 7.30. The monoisotopic (exact) mass is 540 g/mol. The Morgan fingerprint density at radius 3 is 2.86 bits per heavy atom. The highest BCUT2D eigenvalue weighted by molar-refractivity contribution is 9.10. The molecule has 1 saturated heterocycles. The summed E-state index contributed by atoms with van der Waals surface area (Å²) in [5.74, 6) is 1.09. The van der Waals surface area contributed by atoms with Gasteiger partial charge >= 0.3 is 0 Å². The van der Waals surface area contributed by atoms with Crippen LogP contribution in [0.5, 0.6) is 0 Å². The van der Waals surface area contributed by atoms with Crippen LogP contribution in [-0.4, -0.2) is 43.5 Å². The number of benzene rings is 2. The van der Waals surface area contributed by atoms with Crippen molar-refractivity contribution in [2.24, 2.45) is 0 Å². The van der Waals surface area contributed by atoms with Crippen molar-refractivity contribution < 1.29 is 4.79 Å². The molecule has 1 N–H and O–H groups in total. The SMILES string of the molecule is O=C(c1cccc2ccccc12)N1CCCC(c2cc(NCc3cccnc3)n3ncc(Br)c3n2)C1. The first-order valence-corrected chi connectivity index (χ1v) is 12.9. The van der Waals surface area contributed by atoms with Gasteiger partial charge in [-0.25, -0.2) is 4.98 Å². The van der Waals surface area contributed by atoms with Crippen LogP contribution in [0.1, 0.15) is 40.4 Å². The zero-order valence-corrected chi connectivity index (χ0v) is 21.2. The fraction of sp³-hybridized carbons (Fsp3) is 0.214. The number of hydrogen-bond acceptors (Lipinski definition) is 5. The van der Waals surface area contributed by atoms with E-state index < -0.39 is 0 Å². The quantitative estimate of drug-likeness (QED) is 0.310. The predicted octanol–water partition coefficient (Wildman–Crippen LogP) is 5.67. The molecule has 2 aromatic carbocycles. The molecular formula is C28H25BrN6O. The number of carbonyl (C=O) groups excluding carboxylic acids is 1. The van der Waals surface area contributed by atoms with Crippen molar-refractivity contribution in [1.82, 2.24) is 24.5 Å². The Kier molecular flexibility index (Phi) is 6.11. The van der Waals surface area contributed by atoms with E-state index in [4.69, 9.17) is 4.98 Å². The molecule has 1 aliphatic heterocycles. The van der Waals surface area contributed by atoms with Gasteiger partial charge in [-0.1, -0.05) is 42.5 Å². The van der Waals surface area contributed by atoms with Gasteiger partial charge in [-0.15, -0.1) is 0 Å². The summed E-state index contributed by atoms with van der Waals surface area (Å²) < 4.78 is 2.65. The van der Waals surface area contributed by atoms with Gasteiger partial charge in [-0.05, 0) is 57.2 Å². The molecule has 1 amide bonds. The molecule has 0 aliphatic carbocycles. The summed E-state index contributed by atoms with van der Waals surface area (Å²) in [4.78, 5) is 24.7. The molecule has 4 heterocycles. The maximum absolute atomic E-state index is 13.6. The van der Waals surface area contributed by atoms with Gasteiger partial charge in [0.2, 0.25) is 0 Å². The van der Waals surface area contributed by atoms with Gasteiger partial charge in [0.25, 0.3) is 5.91 Å². The lowest BCUT2D eigenvalue weighted by molar-refractivity contribution is 0.0708. The smallest absolute Gasteiger partial charge is 0.254 e. The van der Waals surface area contributed by atoms with Crippen molar-refractivity contribution in [3.8, 4) is 0 Å². The molecule has 5 aromatic rings. The molecule has 8 heteroatoms. The number of nitrogens with one attached hydrogen (secondary N) is 1. The van der Waals surface area contributed by atoms with Crippen molar-refractivity contribution in [3.63, 3.8) is 0 Å². The maximum Gasteiger partial charge on any atom is 0.254 e. The molecule has 1 fully saturated rings. The second-order valence-electron chi connectivity index (χ2n) is 9.13. The zero-order valence-electron chi connectivity index (χ0n) is 19.6. The van der Waals surface area contributed by atoms with Gasteiger partial charge in [0.05, 0.1) is 16.4 Å². The minimum atomic E-state index is 0.0815. The number of carbonyl (C=O) groups is 1. The highest BCUT2D eigenvalue weighted by atomic mass is 79.9. The third-order valence-electron chi connectivity index (χ3n) is 6.79. The molecule has 6 rings (SSSR count). The van der Waals surface area contributed by atoms with E-state index in [-0.39, 0.29) is 11.8 Å². The van der Waals surface area contributed by atoms with Crippen LogP contribution in [0, 0.1) is 0 Å². The Labute approximate surface area is 217 Å². The first kappa shape index (κ1) is 22.7. The molecule has 1 atom stereocenters. The summed E-state index contributed by atoms with van der Waals surface area (Å²) >= 11 is 3.60. The van der Waals surface area contributed by atoms with Crippen molar-refractivity contribution in [2.45, 2.75) is 25.3 Å². The average Bonchev–Trinajstić information content (AvgIpc) is 3.32. The molecule has 0 saturated carbocycles. The first-order valence-electron chi connectivity index (χ1n) is 12.1. The number of anilines is 1. The van der Waals surface area contributed by atoms with Gasteiger partial charge in [0.1, 0.15) is 5.82 Å². The summed E-state index contributed by atoms with van der Waals surface area (Å²) in [6.45, 7) is 2.02. The van der Waals surface area contributed by atoms with Crippen LogP contribution in [0.25, 0.3) is 16.4 Å². The minimum Gasteiger partial charge on any atom is -0.366 e. The normalized spacial score (nSPS) is 15.9. The molecular weight excluding hydrogens is 516 g/mol. The number of hydrogen-bond donors (Lipinski definition) is 1. The largest absolute Gasteiger partial charge is 0.366 e. The van der Waals surface area contributed by atoms with Crippen LogP contribution in [0.3, 0.4) is 0 Å². The van der Waals surface area contributed by atoms with E-state index in [0.717, 1.165) is 62.9 Å². The highest BCUT2D eigenvalue weighted by Gasteiger charge is 2.28. The van der Waals surface area contributed by atoms with Crippen LogP contribution >= 0.6 is 15.9 Å². The average molecular weight is 541 g/mol. The molecule has 180 valence electrons. The fourth-order valence-electron chi connectivity index (χ4n) is 4.97. The van der Waals surface area contributed by atoms with Crippen LogP contribution in [0.15, 0.2) is 83.7 Å². The lowest BCUT2D eigenvalue weighted by Crippen LogP contribution is -2.39. The lowest BCUT2D eigenvalue weighted by Gasteiger charge is -2.33. The number of likely N-dealkylation sites (tertiary alicyclic amines) is 1. The Balaban J connectivity index is 1.29. The van der Waals surface area contributed by atoms with Crippen LogP contribution in [0.4, 0.5) is 5.82 Å². The van der Waals surface area contributed by atoms with Crippen molar-refractivity contribution in [1.29, 1.82) is 0 Å². The van der Waals surface area contributed by atoms with Gasteiger partial charge in [-0.2, -0.15) is 9.61 Å². The predicted molar refractivity (Wildman–Crippen MR) is 144 cm³/mol. The first-order chi connectivity index (χ1) is 17.7. The Morgan fingerprint density at radius 1 is 1.08 bits per heavy atom. The second-order valence-corrected chi connectivity index (χ2v) is 9.98.